The molecule has 0 radical (unpaired) electrons. The maximum Gasteiger partial charge on any atom is 0.182 e. The van der Waals surface area contributed by atoms with Crippen LogP contribution in [-0.4, -0.2) is 36.0 Å². The molecule has 5 rings (SSSR count). The molecule has 4 fully saturated rings. The van der Waals surface area contributed by atoms with Crippen LogP contribution in [-0.2, 0) is 9.53 Å². The lowest BCUT2D eigenvalue weighted by molar-refractivity contribution is -0.142. The first-order valence-electron chi connectivity index (χ1n) is 7.00. The Morgan fingerprint density at radius 2 is 1.79 bits per heavy atom. The third kappa shape index (κ3) is 1.72. The van der Waals surface area contributed by atoms with Crippen LogP contribution in [0.5, 0.6) is 0 Å². The first-order valence-corrected chi connectivity index (χ1v) is 7.00. The van der Waals surface area contributed by atoms with Crippen LogP contribution < -0.4 is 0 Å². The number of benzene rings is 1. The molecule has 1 aromatic rings. The van der Waals surface area contributed by atoms with Crippen molar-refractivity contribution < 1.29 is 9.53 Å². The van der Waals surface area contributed by atoms with Crippen molar-refractivity contribution in [2.45, 2.75) is 24.9 Å². The molecule has 1 aromatic carbocycles. The zero-order valence-electron chi connectivity index (χ0n) is 10.8. The number of carbonyl (C=O) groups is 1. The molecule has 4 saturated heterocycles. The number of ketones is 1. The number of morpholine rings is 1. The number of hydrogen-bond acceptors (Lipinski definition) is 3. The van der Waals surface area contributed by atoms with Gasteiger partial charge in [0.25, 0.3) is 0 Å². The quantitative estimate of drug-likeness (QED) is 0.720. The molecule has 3 nitrogen and oxygen atoms in total. The van der Waals surface area contributed by atoms with Crippen LogP contribution in [0.15, 0.2) is 36.0 Å². The molecule has 4 bridgehead atoms. The molecule has 0 saturated carbocycles. The Hall–Kier alpha value is -1.61. The van der Waals surface area contributed by atoms with Crippen molar-refractivity contribution >= 4 is 11.9 Å². The molecule has 98 valence electrons. The number of rotatable bonds is 1. The zero-order chi connectivity index (χ0) is 12.8. The summed E-state index contributed by atoms with van der Waals surface area (Å²) in [5.41, 5.74) is 2.02. The van der Waals surface area contributed by atoms with Gasteiger partial charge >= 0.3 is 0 Å². The first-order chi connectivity index (χ1) is 9.33. The SMILES string of the molecule is O=C1/C(=C\c2ccccc2)N2[C@@H]3COC[C@H]2CC1C3. The minimum Gasteiger partial charge on any atom is -0.377 e. The van der Waals surface area contributed by atoms with Gasteiger partial charge in [0, 0.05) is 5.92 Å². The maximum absolute atomic E-state index is 12.5. The molecule has 0 aliphatic carbocycles. The normalized spacial score (nSPS) is 34.9. The molecule has 0 amide bonds. The van der Waals surface area contributed by atoms with Gasteiger partial charge in [-0.1, -0.05) is 30.3 Å². The number of piperidine rings is 3. The Kier molecular flexibility index (Phi) is 2.49. The minimum atomic E-state index is 0.221. The molecule has 4 aliphatic rings. The van der Waals surface area contributed by atoms with Crippen molar-refractivity contribution in [3.05, 3.63) is 41.6 Å². The molecule has 3 heteroatoms. The van der Waals surface area contributed by atoms with Crippen molar-refractivity contribution in [3.8, 4) is 0 Å². The van der Waals surface area contributed by atoms with Crippen molar-refractivity contribution in [1.29, 1.82) is 0 Å². The third-order valence-corrected chi connectivity index (χ3v) is 4.52. The molecular formula is C16H17NO2. The fourth-order valence-corrected chi connectivity index (χ4v) is 3.71. The number of Topliss-reactive ketones (excluding diaryl/α,β-unsaturated/α-hetero) is 1. The van der Waals surface area contributed by atoms with Crippen LogP contribution in [0.3, 0.4) is 0 Å². The van der Waals surface area contributed by atoms with E-state index in [1.54, 1.807) is 0 Å². The molecule has 4 aliphatic heterocycles. The number of carbonyl (C=O) groups excluding carboxylic acids is 1. The summed E-state index contributed by atoms with van der Waals surface area (Å²) in [4.78, 5) is 14.8. The molecular weight excluding hydrogens is 238 g/mol. The summed E-state index contributed by atoms with van der Waals surface area (Å²) in [6.07, 6.45) is 4.00. The summed E-state index contributed by atoms with van der Waals surface area (Å²) in [5.74, 6) is 0.553. The van der Waals surface area contributed by atoms with Crippen molar-refractivity contribution in [2.24, 2.45) is 5.92 Å². The molecule has 3 atom stereocenters. The van der Waals surface area contributed by atoms with Crippen molar-refractivity contribution in [1.82, 2.24) is 4.90 Å². The summed E-state index contributed by atoms with van der Waals surface area (Å²) in [6.45, 7) is 1.54. The lowest BCUT2D eigenvalue weighted by atomic mass is 9.75. The van der Waals surface area contributed by atoms with Crippen LogP contribution >= 0.6 is 0 Å². The average molecular weight is 255 g/mol. The Balaban J connectivity index is 1.75. The number of allylic oxidation sites excluding steroid dienone is 1. The maximum atomic E-state index is 12.5. The Morgan fingerprint density at radius 1 is 1.11 bits per heavy atom. The number of nitrogens with zero attached hydrogens (tertiary/aromatic N) is 1. The van der Waals surface area contributed by atoms with Crippen LogP contribution in [0.2, 0.25) is 0 Å². The first kappa shape index (κ1) is 11.2. The van der Waals surface area contributed by atoms with Gasteiger partial charge in [0.2, 0.25) is 0 Å². The summed E-state index contributed by atoms with van der Waals surface area (Å²) in [6, 6.07) is 10.9. The zero-order valence-corrected chi connectivity index (χ0v) is 10.8. The van der Waals surface area contributed by atoms with Gasteiger partial charge < -0.3 is 9.64 Å². The van der Waals surface area contributed by atoms with E-state index in [-0.39, 0.29) is 5.92 Å². The summed E-state index contributed by atoms with van der Waals surface area (Å²) >= 11 is 0. The van der Waals surface area contributed by atoms with Crippen molar-refractivity contribution in [2.75, 3.05) is 13.2 Å². The molecule has 0 N–H and O–H groups in total. The third-order valence-electron chi connectivity index (χ3n) is 4.52. The lowest BCUT2D eigenvalue weighted by Crippen LogP contribution is -2.62. The van der Waals surface area contributed by atoms with Crippen molar-refractivity contribution in [3.63, 3.8) is 0 Å². The van der Waals surface area contributed by atoms with E-state index in [4.69, 9.17) is 4.74 Å². The van der Waals surface area contributed by atoms with E-state index in [0.29, 0.717) is 17.9 Å². The van der Waals surface area contributed by atoms with Gasteiger partial charge in [0.05, 0.1) is 31.0 Å². The fraction of sp³-hybridized carbons (Fsp3) is 0.438. The Bertz CT molecular complexity index is 523. The topological polar surface area (TPSA) is 29.5 Å². The van der Waals surface area contributed by atoms with Crippen LogP contribution in [0.4, 0.5) is 0 Å². The van der Waals surface area contributed by atoms with Gasteiger partial charge in [-0.25, -0.2) is 0 Å². The summed E-state index contributed by atoms with van der Waals surface area (Å²) in [5, 5.41) is 0. The van der Waals surface area contributed by atoms with Gasteiger partial charge in [-0.15, -0.1) is 0 Å². The average Bonchev–Trinajstić information content (AvgIpc) is 2.43. The standard InChI is InChI=1S/C16H17NO2/c18-16-12-7-13-9-19-10-14(8-12)17(13)15(16)6-11-4-2-1-3-5-11/h1-6,12-14H,7-10H2/b15-6+/t12?,13-,14+. The van der Waals surface area contributed by atoms with Crippen LogP contribution in [0.1, 0.15) is 18.4 Å². The number of hydrogen-bond donors (Lipinski definition) is 0. The minimum absolute atomic E-state index is 0.221. The number of ether oxygens (including phenoxy) is 1. The molecule has 0 aromatic heterocycles. The van der Waals surface area contributed by atoms with Gasteiger partial charge in [-0.2, -0.15) is 0 Å². The fourth-order valence-electron chi connectivity index (χ4n) is 3.71. The van der Waals surface area contributed by atoms with Gasteiger partial charge in [-0.3, -0.25) is 4.79 Å². The second kappa shape index (κ2) is 4.20. The highest BCUT2D eigenvalue weighted by Gasteiger charge is 2.49. The molecule has 19 heavy (non-hydrogen) atoms. The Morgan fingerprint density at radius 3 is 2.47 bits per heavy atom. The van der Waals surface area contributed by atoms with E-state index >= 15 is 0 Å². The van der Waals surface area contributed by atoms with Crippen LogP contribution in [0.25, 0.3) is 6.08 Å². The molecule has 0 spiro atoms. The smallest absolute Gasteiger partial charge is 0.182 e. The second-order valence-electron chi connectivity index (χ2n) is 5.73. The number of fused-ring (bicyclic) bond motifs is 1. The van der Waals surface area contributed by atoms with E-state index in [0.717, 1.165) is 37.3 Å². The Labute approximate surface area is 112 Å². The monoisotopic (exact) mass is 255 g/mol. The predicted octanol–water partition coefficient (Wildman–Crippen LogP) is 2.09. The van der Waals surface area contributed by atoms with Crippen LogP contribution in [0, 0.1) is 5.92 Å². The van der Waals surface area contributed by atoms with E-state index in [1.165, 1.54) is 0 Å². The molecule has 4 heterocycles. The van der Waals surface area contributed by atoms with E-state index in [1.807, 2.05) is 18.2 Å². The molecule has 1 unspecified atom stereocenters. The predicted molar refractivity (Wildman–Crippen MR) is 72.4 cm³/mol. The lowest BCUT2D eigenvalue weighted by Gasteiger charge is -2.54. The highest BCUT2D eigenvalue weighted by Crippen LogP contribution is 2.42. The van der Waals surface area contributed by atoms with Gasteiger partial charge in [0.15, 0.2) is 5.78 Å². The summed E-state index contributed by atoms with van der Waals surface area (Å²) in [7, 11) is 0. The van der Waals surface area contributed by atoms with Gasteiger partial charge in [0.1, 0.15) is 0 Å². The van der Waals surface area contributed by atoms with E-state index in [9.17, 15) is 4.79 Å². The second-order valence-corrected chi connectivity index (χ2v) is 5.73. The van der Waals surface area contributed by atoms with E-state index < -0.39 is 0 Å². The summed E-state index contributed by atoms with van der Waals surface area (Å²) < 4.78 is 5.64. The van der Waals surface area contributed by atoms with Gasteiger partial charge in [-0.05, 0) is 24.5 Å². The van der Waals surface area contributed by atoms with E-state index in [2.05, 4.69) is 23.1 Å². The largest absolute Gasteiger partial charge is 0.377 e. The highest BCUT2D eigenvalue weighted by molar-refractivity contribution is 6.02. The highest BCUT2D eigenvalue weighted by atomic mass is 16.5.